The monoisotopic (exact) mass is 662 g/mol. The highest BCUT2D eigenvalue weighted by Crippen LogP contribution is 2.52. The van der Waals surface area contributed by atoms with Crippen molar-refractivity contribution in [2.45, 2.75) is 145 Å². The van der Waals surface area contributed by atoms with Gasteiger partial charge in [0, 0.05) is 24.7 Å². The average Bonchev–Trinajstić information content (AvgIpc) is 2.86. The van der Waals surface area contributed by atoms with Crippen molar-refractivity contribution in [1.29, 1.82) is 0 Å². The van der Waals surface area contributed by atoms with Crippen LogP contribution in [-0.2, 0) is 0 Å². The van der Waals surface area contributed by atoms with E-state index in [1.54, 1.807) is 0 Å². The van der Waals surface area contributed by atoms with Crippen LogP contribution in [0.5, 0.6) is 0 Å². The molecule has 0 radical (unpaired) electrons. The molecular formula is C42H62O6. The van der Waals surface area contributed by atoms with Crippen LogP contribution >= 0.6 is 0 Å². The first-order chi connectivity index (χ1) is 21.6. The molecular weight excluding hydrogens is 600 g/mol. The Labute approximate surface area is 289 Å². The molecule has 0 saturated heterocycles. The SMILES string of the molecule is CC1=C(CC2=CC=CC(CC3=C(C)CC(O)(O)C(C(C)(C)C)=C3)(CC3=C(C)CC(O)(O)C(C(C)(C)C)=C3)C2)C=C(C(C)(C)C)C(O)(O)C1. The molecule has 0 bridgehead atoms. The number of rotatable bonds is 6. The lowest BCUT2D eigenvalue weighted by Crippen LogP contribution is -2.40. The number of hydrogen-bond donors (Lipinski definition) is 6. The highest BCUT2D eigenvalue weighted by molar-refractivity contribution is 5.47. The van der Waals surface area contributed by atoms with Crippen LogP contribution in [-0.4, -0.2) is 48.0 Å². The van der Waals surface area contributed by atoms with Gasteiger partial charge in [-0.15, -0.1) is 0 Å². The number of aliphatic hydroxyl groups is 6. The Hall–Kier alpha value is -2.32. The summed E-state index contributed by atoms with van der Waals surface area (Å²) in [6.07, 6.45) is 15.9. The molecule has 0 spiro atoms. The summed E-state index contributed by atoms with van der Waals surface area (Å²) in [6.45, 7) is 24.0. The second-order valence-electron chi connectivity index (χ2n) is 18.6. The zero-order chi connectivity index (χ0) is 36.5. The Morgan fingerprint density at radius 3 is 1.21 bits per heavy atom. The lowest BCUT2D eigenvalue weighted by Gasteiger charge is -2.42. The predicted molar refractivity (Wildman–Crippen MR) is 194 cm³/mol. The molecule has 0 amide bonds. The molecule has 48 heavy (non-hydrogen) atoms. The van der Waals surface area contributed by atoms with E-state index in [1.807, 2.05) is 101 Å². The summed E-state index contributed by atoms with van der Waals surface area (Å²) < 4.78 is 0. The van der Waals surface area contributed by atoms with E-state index in [0.29, 0.717) is 36.0 Å². The summed E-state index contributed by atoms with van der Waals surface area (Å²) in [5.74, 6) is -5.67. The van der Waals surface area contributed by atoms with Gasteiger partial charge in [-0.2, -0.15) is 0 Å². The molecule has 4 aliphatic carbocycles. The highest BCUT2D eigenvalue weighted by Gasteiger charge is 2.44. The van der Waals surface area contributed by atoms with Crippen molar-refractivity contribution >= 4 is 0 Å². The maximum absolute atomic E-state index is 11.1. The van der Waals surface area contributed by atoms with Crippen LogP contribution in [0.25, 0.3) is 0 Å². The molecule has 0 heterocycles. The Bertz CT molecular complexity index is 1500. The minimum absolute atomic E-state index is 0.151. The van der Waals surface area contributed by atoms with Crippen LogP contribution in [0.3, 0.4) is 0 Å². The van der Waals surface area contributed by atoms with E-state index in [4.69, 9.17) is 0 Å². The van der Waals surface area contributed by atoms with Gasteiger partial charge in [0.25, 0.3) is 0 Å². The van der Waals surface area contributed by atoms with Crippen LogP contribution in [0.4, 0.5) is 0 Å². The van der Waals surface area contributed by atoms with E-state index in [2.05, 4.69) is 18.2 Å². The maximum atomic E-state index is 11.1. The fourth-order valence-corrected chi connectivity index (χ4v) is 8.42. The van der Waals surface area contributed by atoms with E-state index in [9.17, 15) is 30.6 Å². The minimum atomic E-state index is -1.90. The minimum Gasteiger partial charge on any atom is -0.362 e. The Kier molecular flexibility index (Phi) is 10.00. The van der Waals surface area contributed by atoms with E-state index < -0.39 is 33.6 Å². The van der Waals surface area contributed by atoms with Crippen molar-refractivity contribution in [3.63, 3.8) is 0 Å². The van der Waals surface area contributed by atoms with Crippen molar-refractivity contribution in [2.24, 2.45) is 21.7 Å². The third kappa shape index (κ3) is 8.17. The lowest BCUT2D eigenvalue weighted by molar-refractivity contribution is -0.138. The summed E-state index contributed by atoms with van der Waals surface area (Å²) >= 11 is 0. The zero-order valence-electron chi connectivity index (χ0n) is 31.6. The molecule has 4 rings (SSSR count). The summed E-state index contributed by atoms with van der Waals surface area (Å²) in [7, 11) is 0. The van der Waals surface area contributed by atoms with Gasteiger partial charge in [-0.3, -0.25) is 0 Å². The van der Waals surface area contributed by atoms with Gasteiger partial charge < -0.3 is 30.6 Å². The lowest BCUT2D eigenvalue weighted by atomic mass is 9.64. The van der Waals surface area contributed by atoms with Crippen molar-refractivity contribution in [3.05, 3.63) is 92.2 Å². The van der Waals surface area contributed by atoms with Gasteiger partial charge >= 0.3 is 0 Å². The quantitative estimate of drug-likeness (QED) is 0.160. The molecule has 266 valence electrons. The Morgan fingerprint density at radius 2 is 0.854 bits per heavy atom. The second kappa shape index (κ2) is 12.5. The molecule has 0 aromatic carbocycles. The molecule has 0 aromatic rings. The highest BCUT2D eigenvalue weighted by atomic mass is 16.5. The number of allylic oxidation sites excluding steroid dienone is 10. The van der Waals surface area contributed by atoms with Crippen molar-refractivity contribution in [3.8, 4) is 0 Å². The predicted octanol–water partition coefficient (Wildman–Crippen LogP) is 8.15. The Balaban J connectivity index is 1.80. The molecule has 0 aromatic heterocycles. The van der Waals surface area contributed by atoms with Crippen LogP contribution in [0, 0.1) is 21.7 Å². The first-order valence-corrected chi connectivity index (χ1v) is 17.5. The molecule has 6 N–H and O–H groups in total. The molecule has 0 saturated carbocycles. The zero-order valence-corrected chi connectivity index (χ0v) is 31.6. The van der Waals surface area contributed by atoms with Gasteiger partial charge in [0.05, 0.1) is 0 Å². The van der Waals surface area contributed by atoms with Crippen LogP contribution < -0.4 is 0 Å². The van der Waals surface area contributed by atoms with E-state index in [1.165, 1.54) is 5.57 Å². The summed E-state index contributed by atoms with van der Waals surface area (Å²) in [6, 6.07) is 0. The van der Waals surface area contributed by atoms with E-state index in [-0.39, 0.29) is 24.7 Å². The van der Waals surface area contributed by atoms with Crippen molar-refractivity contribution < 1.29 is 30.6 Å². The van der Waals surface area contributed by atoms with Gasteiger partial charge in [0.1, 0.15) is 0 Å². The van der Waals surface area contributed by atoms with Crippen LogP contribution in [0.1, 0.15) is 128 Å². The fraction of sp³-hybridized carbons (Fsp3) is 0.619. The van der Waals surface area contributed by atoms with E-state index in [0.717, 1.165) is 39.9 Å². The van der Waals surface area contributed by atoms with Gasteiger partial charge in [-0.25, -0.2) is 0 Å². The molecule has 0 fully saturated rings. The first kappa shape index (κ1) is 38.5. The molecule has 0 unspecified atom stereocenters. The maximum Gasteiger partial charge on any atom is 0.190 e. The van der Waals surface area contributed by atoms with Crippen molar-refractivity contribution in [2.75, 3.05) is 0 Å². The molecule has 6 heteroatoms. The van der Waals surface area contributed by atoms with Gasteiger partial charge in [-0.1, -0.05) is 121 Å². The molecule has 4 aliphatic rings. The van der Waals surface area contributed by atoms with Crippen LogP contribution in [0.15, 0.2) is 92.2 Å². The molecule has 0 aliphatic heterocycles. The third-order valence-electron chi connectivity index (χ3n) is 10.7. The summed E-state index contributed by atoms with van der Waals surface area (Å²) in [5, 5.41) is 66.1. The molecule has 6 nitrogen and oxygen atoms in total. The van der Waals surface area contributed by atoms with Gasteiger partial charge in [-0.05, 0) is 96.1 Å². The van der Waals surface area contributed by atoms with Gasteiger partial charge in [0.2, 0.25) is 0 Å². The smallest absolute Gasteiger partial charge is 0.190 e. The number of hydrogen-bond acceptors (Lipinski definition) is 6. The average molecular weight is 663 g/mol. The Morgan fingerprint density at radius 1 is 0.521 bits per heavy atom. The summed E-state index contributed by atoms with van der Waals surface area (Å²) in [5.41, 5.74) is 7.58. The standard InChI is InChI=1S/C42H62O6/c1-26-20-40(43,44)33(36(4,5)6)17-30(26)16-29-14-13-15-39(23-29,24-31-18-34(37(7,8)9)41(45,46)21-27(31)2)25-32-19-35(38(10,11)12)42(47,48)22-28(32)3/h13-15,17-19,43-48H,16,20-25H2,1-12H3. The third-order valence-corrected chi connectivity index (χ3v) is 10.7. The van der Waals surface area contributed by atoms with Crippen molar-refractivity contribution in [1.82, 2.24) is 0 Å². The first-order valence-electron chi connectivity index (χ1n) is 17.5. The topological polar surface area (TPSA) is 121 Å². The summed E-state index contributed by atoms with van der Waals surface area (Å²) in [4.78, 5) is 0. The second-order valence-corrected chi connectivity index (χ2v) is 18.6. The normalized spacial score (nSPS) is 24.4. The fourth-order valence-electron chi connectivity index (χ4n) is 8.42. The van der Waals surface area contributed by atoms with E-state index >= 15 is 0 Å². The van der Waals surface area contributed by atoms with Gasteiger partial charge in [0.15, 0.2) is 17.4 Å². The van der Waals surface area contributed by atoms with Crippen LogP contribution in [0.2, 0.25) is 0 Å². The largest absolute Gasteiger partial charge is 0.362 e. The molecule has 0 atom stereocenters.